The Kier molecular flexibility index (Phi) is 3.92. The number of rotatable bonds is 4. The number of aryl methyl sites for hydroxylation is 2. The van der Waals surface area contributed by atoms with Crippen molar-refractivity contribution in [2.24, 2.45) is 7.05 Å². The van der Waals surface area contributed by atoms with E-state index in [-0.39, 0.29) is 17.3 Å². The highest BCUT2D eigenvalue weighted by Crippen LogP contribution is 2.18. The summed E-state index contributed by atoms with van der Waals surface area (Å²) in [6, 6.07) is 5.68. The first-order valence-corrected chi connectivity index (χ1v) is 7.54. The lowest BCUT2D eigenvalue weighted by Gasteiger charge is -2.07. The minimum Gasteiger partial charge on any atom is -0.271 e. The van der Waals surface area contributed by atoms with E-state index >= 15 is 0 Å². The third-order valence-corrected chi connectivity index (χ3v) is 4.74. The summed E-state index contributed by atoms with van der Waals surface area (Å²) in [5, 5.41) is 4.09. The lowest BCUT2D eigenvalue weighted by atomic mass is 10.2. The van der Waals surface area contributed by atoms with Gasteiger partial charge in [-0.3, -0.25) is 4.68 Å². The van der Waals surface area contributed by atoms with Crippen LogP contribution in [0.1, 0.15) is 17.0 Å². The fourth-order valence-electron chi connectivity index (χ4n) is 2.00. The van der Waals surface area contributed by atoms with Gasteiger partial charge in [0, 0.05) is 13.6 Å². The molecule has 0 radical (unpaired) electrons. The highest BCUT2D eigenvalue weighted by atomic mass is 32.2. The zero-order valence-electron chi connectivity index (χ0n) is 11.5. The van der Waals surface area contributed by atoms with Crippen LogP contribution in [0, 0.1) is 19.7 Å². The molecule has 0 atom stereocenters. The monoisotopic (exact) mass is 297 g/mol. The molecule has 0 bridgehead atoms. The lowest BCUT2D eigenvalue weighted by Crippen LogP contribution is -2.24. The molecule has 0 aliphatic rings. The Morgan fingerprint density at radius 1 is 1.25 bits per heavy atom. The second-order valence-corrected chi connectivity index (χ2v) is 6.28. The van der Waals surface area contributed by atoms with Crippen molar-refractivity contribution in [3.05, 3.63) is 47.0 Å². The fraction of sp³-hybridized carbons (Fsp3) is 0.308. The van der Waals surface area contributed by atoms with Gasteiger partial charge >= 0.3 is 0 Å². The van der Waals surface area contributed by atoms with E-state index in [0.717, 1.165) is 0 Å². The molecule has 0 aliphatic heterocycles. The standard InChI is InChI=1S/C13H16FN3O2S/c1-9-13(10(2)17(3)16-9)20(18,19)15-8-11-4-6-12(14)7-5-11/h4-7,15H,8H2,1-3H3. The quantitative estimate of drug-likeness (QED) is 0.933. The van der Waals surface area contributed by atoms with Crippen LogP contribution in [-0.4, -0.2) is 18.2 Å². The van der Waals surface area contributed by atoms with E-state index in [1.807, 2.05) is 0 Å². The molecule has 1 heterocycles. The van der Waals surface area contributed by atoms with Gasteiger partial charge in [-0.2, -0.15) is 5.10 Å². The molecular weight excluding hydrogens is 281 g/mol. The maximum absolute atomic E-state index is 12.8. The van der Waals surface area contributed by atoms with Crippen LogP contribution in [0.5, 0.6) is 0 Å². The summed E-state index contributed by atoms with van der Waals surface area (Å²) in [5.41, 5.74) is 1.72. The maximum Gasteiger partial charge on any atom is 0.244 e. The second kappa shape index (κ2) is 5.34. The van der Waals surface area contributed by atoms with Gasteiger partial charge in [0.15, 0.2) is 0 Å². The summed E-state index contributed by atoms with van der Waals surface area (Å²) in [5.74, 6) is -0.351. The number of nitrogens with zero attached hydrogens (tertiary/aromatic N) is 2. The van der Waals surface area contributed by atoms with Crippen molar-refractivity contribution >= 4 is 10.0 Å². The van der Waals surface area contributed by atoms with Crippen LogP contribution in [0.15, 0.2) is 29.2 Å². The second-order valence-electron chi connectivity index (χ2n) is 4.57. The first-order valence-electron chi connectivity index (χ1n) is 6.05. The summed E-state index contributed by atoms with van der Waals surface area (Å²) in [4.78, 5) is 0.196. The van der Waals surface area contributed by atoms with Gasteiger partial charge in [0.1, 0.15) is 10.7 Å². The number of halogens is 1. The van der Waals surface area contributed by atoms with E-state index in [9.17, 15) is 12.8 Å². The highest BCUT2D eigenvalue weighted by molar-refractivity contribution is 7.89. The molecule has 20 heavy (non-hydrogen) atoms. The minimum absolute atomic E-state index is 0.108. The van der Waals surface area contributed by atoms with Crippen LogP contribution >= 0.6 is 0 Å². The van der Waals surface area contributed by atoms with Crippen LogP contribution in [0.3, 0.4) is 0 Å². The smallest absolute Gasteiger partial charge is 0.244 e. The zero-order valence-corrected chi connectivity index (χ0v) is 12.3. The average Bonchev–Trinajstić information content (AvgIpc) is 2.63. The first kappa shape index (κ1) is 14.7. The molecule has 0 aliphatic carbocycles. The molecule has 0 spiro atoms. The van der Waals surface area contributed by atoms with E-state index in [2.05, 4.69) is 9.82 Å². The number of benzene rings is 1. The van der Waals surface area contributed by atoms with Crippen LogP contribution in [0.25, 0.3) is 0 Å². The van der Waals surface area contributed by atoms with Crippen molar-refractivity contribution in [3.8, 4) is 0 Å². The van der Waals surface area contributed by atoms with Crippen molar-refractivity contribution in [1.29, 1.82) is 0 Å². The van der Waals surface area contributed by atoms with Gasteiger partial charge in [0.2, 0.25) is 10.0 Å². The molecular formula is C13H16FN3O2S. The summed E-state index contributed by atoms with van der Waals surface area (Å²) >= 11 is 0. The predicted octanol–water partition coefficient (Wildman–Crippen LogP) is 1.65. The fourth-order valence-corrected chi connectivity index (χ4v) is 3.45. The Morgan fingerprint density at radius 3 is 2.35 bits per heavy atom. The topological polar surface area (TPSA) is 64.0 Å². The first-order chi connectivity index (χ1) is 9.31. The average molecular weight is 297 g/mol. The molecule has 7 heteroatoms. The molecule has 0 saturated carbocycles. The summed E-state index contributed by atoms with van der Waals surface area (Å²) in [6.07, 6.45) is 0. The Morgan fingerprint density at radius 2 is 1.85 bits per heavy atom. The van der Waals surface area contributed by atoms with Crippen LogP contribution < -0.4 is 4.72 Å². The van der Waals surface area contributed by atoms with Gasteiger partial charge in [0.25, 0.3) is 0 Å². The number of aromatic nitrogens is 2. The van der Waals surface area contributed by atoms with Gasteiger partial charge in [-0.05, 0) is 31.5 Å². The summed E-state index contributed by atoms with van der Waals surface area (Å²) < 4.78 is 41.4. The minimum atomic E-state index is -3.64. The molecule has 1 aromatic heterocycles. The Labute approximate surface area is 117 Å². The van der Waals surface area contributed by atoms with E-state index < -0.39 is 10.0 Å². The van der Waals surface area contributed by atoms with Gasteiger partial charge < -0.3 is 0 Å². The van der Waals surface area contributed by atoms with Gasteiger partial charge in [-0.1, -0.05) is 12.1 Å². The molecule has 1 aromatic carbocycles. The Balaban J connectivity index is 2.21. The molecule has 2 aromatic rings. The van der Waals surface area contributed by atoms with Crippen LogP contribution in [-0.2, 0) is 23.6 Å². The Bertz CT molecular complexity index is 721. The maximum atomic E-state index is 12.8. The number of sulfonamides is 1. The van der Waals surface area contributed by atoms with E-state index in [0.29, 0.717) is 17.0 Å². The number of hydrogen-bond donors (Lipinski definition) is 1. The van der Waals surface area contributed by atoms with Crippen molar-refractivity contribution < 1.29 is 12.8 Å². The van der Waals surface area contributed by atoms with Crippen molar-refractivity contribution in [2.75, 3.05) is 0 Å². The molecule has 0 amide bonds. The lowest BCUT2D eigenvalue weighted by molar-refractivity contribution is 0.579. The SMILES string of the molecule is Cc1nn(C)c(C)c1S(=O)(=O)NCc1ccc(F)cc1. The molecule has 1 N–H and O–H groups in total. The normalized spacial score (nSPS) is 11.8. The third-order valence-electron chi connectivity index (χ3n) is 3.09. The van der Waals surface area contributed by atoms with E-state index in [4.69, 9.17) is 0 Å². The number of nitrogens with one attached hydrogen (secondary N) is 1. The van der Waals surface area contributed by atoms with E-state index in [1.165, 1.54) is 16.8 Å². The van der Waals surface area contributed by atoms with Crippen LogP contribution in [0.4, 0.5) is 4.39 Å². The van der Waals surface area contributed by atoms with Crippen molar-refractivity contribution in [2.45, 2.75) is 25.3 Å². The zero-order chi connectivity index (χ0) is 14.9. The van der Waals surface area contributed by atoms with Crippen molar-refractivity contribution in [1.82, 2.24) is 14.5 Å². The molecule has 0 fully saturated rings. The third kappa shape index (κ3) is 2.88. The summed E-state index contributed by atoms with van der Waals surface area (Å²) in [6.45, 7) is 3.46. The highest BCUT2D eigenvalue weighted by Gasteiger charge is 2.23. The predicted molar refractivity (Wildman–Crippen MR) is 73.1 cm³/mol. The number of hydrogen-bond acceptors (Lipinski definition) is 3. The summed E-state index contributed by atoms with van der Waals surface area (Å²) in [7, 11) is -1.94. The van der Waals surface area contributed by atoms with Gasteiger partial charge in [-0.25, -0.2) is 17.5 Å². The molecule has 5 nitrogen and oxygen atoms in total. The molecule has 2 rings (SSSR count). The molecule has 0 unspecified atom stereocenters. The van der Waals surface area contributed by atoms with E-state index in [1.54, 1.807) is 33.0 Å². The molecule has 0 saturated heterocycles. The molecule has 108 valence electrons. The Hall–Kier alpha value is -1.73. The van der Waals surface area contributed by atoms with Crippen LogP contribution in [0.2, 0.25) is 0 Å². The van der Waals surface area contributed by atoms with Crippen molar-refractivity contribution in [3.63, 3.8) is 0 Å². The van der Waals surface area contributed by atoms with Gasteiger partial charge in [-0.15, -0.1) is 0 Å². The van der Waals surface area contributed by atoms with Gasteiger partial charge in [0.05, 0.1) is 11.4 Å². The largest absolute Gasteiger partial charge is 0.271 e.